The zero-order valence-electron chi connectivity index (χ0n) is 10.2. The number of nitrogens with zero attached hydrogens (tertiary/aromatic N) is 2. The highest BCUT2D eigenvalue weighted by Gasteiger charge is 2.12. The number of benzene rings is 2. The monoisotopic (exact) mass is 271 g/mol. The molecule has 3 aromatic rings. The van der Waals surface area contributed by atoms with Gasteiger partial charge in [-0.2, -0.15) is 0 Å². The van der Waals surface area contributed by atoms with Crippen LogP contribution in [0, 0.1) is 4.91 Å². The van der Waals surface area contributed by atoms with Crippen molar-refractivity contribution in [2.45, 2.75) is 0 Å². The predicted octanol–water partition coefficient (Wildman–Crippen LogP) is 3.09. The topological polar surface area (TPSA) is 42.1 Å². The van der Waals surface area contributed by atoms with Gasteiger partial charge < -0.3 is 0 Å². The molecule has 0 saturated carbocycles. The van der Waals surface area contributed by atoms with Gasteiger partial charge in [0.05, 0.1) is 15.8 Å². The van der Waals surface area contributed by atoms with Crippen LogP contribution in [0.15, 0.2) is 53.3 Å². The van der Waals surface area contributed by atoms with E-state index < -0.39 is 0 Å². The molecule has 0 unspecified atom stereocenters. The molecule has 4 nitrogen and oxygen atoms in total. The molecule has 0 fully saturated rings. The molecule has 2 aromatic carbocycles. The van der Waals surface area contributed by atoms with Crippen LogP contribution in [0.25, 0.3) is 15.8 Å². The van der Waals surface area contributed by atoms with E-state index in [2.05, 4.69) is 0 Å². The van der Waals surface area contributed by atoms with E-state index in [1.165, 1.54) is 18.6 Å². The molecule has 5 heteroatoms. The van der Waals surface area contributed by atoms with Crippen molar-refractivity contribution in [3.63, 3.8) is 0 Å². The number of rotatable bonds is 2. The zero-order valence-corrected chi connectivity index (χ0v) is 11.1. The molecule has 0 spiro atoms. The normalized spacial score (nSPS) is 10.8. The fourth-order valence-electron chi connectivity index (χ4n) is 1.96. The van der Waals surface area contributed by atoms with Crippen LogP contribution in [0.3, 0.4) is 0 Å². The van der Waals surface area contributed by atoms with Crippen molar-refractivity contribution in [1.29, 1.82) is 0 Å². The van der Waals surface area contributed by atoms with Crippen molar-refractivity contribution in [3.8, 4) is 5.69 Å². The van der Waals surface area contributed by atoms with Crippen LogP contribution >= 0.6 is 11.5 Å². The summed E-state index contributed by atoms with van der Waals surface area (Å²) in [6.45, 7) is 0. The van der Waals surface area contributed by atoms with Gasteiger partial charge in [0.25, 0.3) is 11.2 Å². The molecule has 0 atom stereocenters. The summed E-state index contributed by atoms with van der Waals surface area (Å²) in [7, 11) is 1.44. The summed E-state index contributed by atoms with van der Waals surface area (Å²) in [6, 6.07) is 14.5. The maximum Gasteiger partial charge on any atom is 0.273 e. The maximum absolute atomic E-state index is 12.3. The molecule has 1 aromatic heterocycles. The van der Waals surface area contributed by atoms with Gasteiger partial charge in [-0.25, -0.2) is 3.96 Å². The van der Waals surface area contributed by atoms with Gasteiger partial charge in [0, 0.05) is 21.8 Å². The van der Waals surface area contributed by atoms with Crippen LogP contribution in [0.4, 0.5) is 5.69 Å². The maximum atomic E-state index is 12.3. The molecular weight excluding hydrogens is 260 g/mol. The number of nitroso groups, excluding NO2 is 1. The third-order valence-corrected chi connectivity index (χ3v) is 4.03. The number of aromatic nitrogens is 1. The molecule has 19 heavy (non-hydrogen) atoms. The Kier molecular flexibility index (Phi) is 2.76. The second-order valence-electron chi connectivity index (χ2n) is 4.20. The summed E-state index contributed by atoms with van der Waals surface area (Å²) in [5, 5.41) is 0.702. The van der Waals surface area contributed by atoms with E-state index in [-0.39, 0.29) is 5.56 Å². The minimum atomic E-state index is -0.0497. The highest BCUT2D eigenvalue weighted by atomic mass is 32.1. The van der Waals surface area contributed by atoms with Gasteiger partial charge in [-0.3, -0.25) is 4.79 Å². The van der Waals surface area contributed by atoms with E-state index in [0.29, 0.717) is 16.8 Å². The van der Waals surface area contributed by atoms with Gasteiger partial charge in [-0.05, 0) is 18.2 Å². The lowest BCUT2D eigenvalue weighted by atomic mass is 10.2. The third-order valence-electron chi connectivity index (χ3n) is 2.92. The molecule has 94 valence electrons. The van der Waals surface area contributed by atoms with Gasteiger partial charge in [-0.15, -0.1) is 0 Å². The van der Waals surface area contributed by atoms with Gasteiger partial charge in [0.2, 0.25) is 0 Å². The van der Waals surface area contributed by atoms with E-state index in [1.54, 1.807) is 22.2 Å². The first-order chi connectivity index (χ1) is 9.16. The van der Waals surface area contributed by atoms with Crippen molar-refractivity contribution < 1.29 is 4.76 Å². The van der Waals surface area contributed by atoms with Crippen molar-refractivity contribution in [3.05, 3.63) is 63.8 Å². The van der Waals surface area contributed by atoms with Gasteiger partial charge >= 0.3 is 0 Å². The van der Waals surface area contributed by atoms with Gasteiger partial charge in [0.1, 0.15) is 0 Å². The zero-order chi connectivity index (χ0) is 13.4. The summed E-state index contributed by atoms with van der Waals surface area (Å²) in [5.74, 6) is 0. The summed E-state index contributed by atoms with van der Waals surface area (Å²) in [6.07, 6.45) is 0. The van der Waals surface area contributed by atoms with Crippen LogP contribution in [0.2, 0.25) is 0 Å². The van der Waals surface area contributed by atoms with Gasteiger partial charge in [0.15, 0.2) is 7.05 Å². The van der Waals surface area contributed by atoms with E-state index in [1.807, 2.05) is 30.3 Å². The van der Waals surface area contributed by atoms with Crippen LogP contribution in [-0.2, 0) is 0 Å². The summed E-state index contributed by atoms with van der Waals surface area (Å²) in [4.78, 5) is 23.6. The fraction of sp³-hybridized carbons (Fsp3) is 0.0714. The van der Waals surface area contributed by atoms with E-state index >= 15 is 0 Å². The number of hydrogen-bond donors (Lipinski definition) is 0. The Labute approximate surface area is 113 Å². The van der Waals surface area contributed by atoms with E-state index in [4.69, 9.17) is 0 Å². The smallest absolute Gasteiger partial charge is 0.267 e. The Balaban J connectivity index is 2.25. The molecule has 0 aliphatic carbocycles. The predicted molar refractivity (Wildman–Crippen MR) is 76.6 cm³/mol. The van der Waals surface area contributed by atoms with Gasteiger partial charge in [-0.1, -0.05) is 29.7 Å². The lowest BCUT2D eigenvalue weighted by Gasteiger charge is -1.98. The first kappa shape index (κ1) is 11.8. The molecular formula is C14H11N2O2S+. The first-order valence-electron chi connectivity index (χ1n) is 5.79. The van der Waals surface area contributed by atoms with Crippen LogP contribution in [0.1, 0.15) is 0 Å². The van der Waals surface area contributed by atoms with E-state index in [9.17, 15) is 9.70 Å². The summed E-state index contributed by atoms with van der Waals surface area (Å²) < 4.78 is 3.33. The number of fused-ring (bicyclic) bond motifs is 1. The molecule has 0 aliphatic heterocycles. The molecule has 0 aliphatic rings. The lowest BCUT2D eigenvalue weighted by molar-refractivity contribution is -0.428. The molecule has 0 N–H and O–H groups in total. The average molecular weight is 271 g/mol. The second kappa shape index (κ2) is 4.44. The highest BCUT2D eigenvalue weighted by molar-refractivity contribution is 7.14. The molecule has 0 saturated heterocycles. The lowest BCUT2D eigenvalue weighted by Crippen LogP contribution is -2.10. The van der Waals surface area contributed by atoms with E-state index in [0.717, 1.165) is 9.46 Å². The van der Waals surface area contributed by atoms with Crippen molar-refractivity contribution in [1.82, 2.24) is 3.96 Å². The summed E-state index contributed by atoms with van der Waals surface area (Å²) in [5.41, 5.74) is 1.19. The number of hydrogen-bond acceptors (Lipinski definition) is 3. The Bertz CT molecular complexity index is 833. The quantitative estimate of drug-likeness (QED) is 0.672. The minimum Gasteiger partial charge on any atom is -0.267 e. The van der Waals surface area contributed by atoms with Crippen molar-refractivity contribution in [2.24, 2.45) is 0 Å². The van der Waals surface area contributed by atoms with Crippen LogP contribution < -0.4 is 5.56 Å². The molecule has 1 heterocycles. The fourth-order valence-corrected chi connectivity index (χ4v) is 2.95. The SMILES string of the molecule is C[N+](=O)c1cccc(-n2sc3ccccc3c2=O)c1. The van der Waals surface area contributed by atoms with Crippen LogP contribution in [-0.4, -0.2) is 15.8 Å². The summed E-state index contributed by atoms with van der Waals surface area (Å²) >= 11 is 1.38. The van der Waals surface area contributed by atoms with Crippen LogP contribution in [0.5, 0.6) is 0 Å². The minimum absolute atomic E-state index is 0.0497. The highest BCUT2D eigenvalue weighted by Crippen LogP contribution is 2.22. The molecule has 0 radical (unpaired) electrons. The Morgan fingerprint density at radius 3 is 2.63 bits per heavy atom. The Morgan fingerprint density at radius 1 is 1.11 bits per heavy atom. The first-order valence-corrected chi connectivity index (χ1v) is 6.56. The standard InChI is InChI=1S/C14H11N2O2S/c1-15(18)10-5-4-6-11(9-10)16-14(17)12-7-2-3-8-13(12)19-16/h2-9H,1H3/q+1. The second-order valence-corrected chi connectivity index (χ2v) is 5.19. The molecule has 0 bridgehead atoms. The molecule has 0 amide bonds. The molecule has 3 rings (SSSR count). The van der Waals surface area contributed by atoms with Crippen molar-refractivity contribution in [2.75, 3.05) is 7.05 Å². The Morgan fingerprint density at radius 2 is 1.89 bits per heavy atom. The largest absolute Gasteiger partial charge is 0.273 e. The third kappa shape index (κ3) is 1.98. The Hall–Kier alpha value is -2.27. The average Bonchev–Trinajstić information content (AvgIpc) is 2.77. The van der Waals surface area contributed by atoms with Crippen molar-refractivity contribution >= 4 is 27.3 Å².